The number of cyclic esters (lactones) is 1. The minimum atomic E-state index is -0.696. The summed E-state index contributed by atoms with van der Waals surface area (Å²) >= 11 is 0. The predicted octanol–water partition coefficient (Wildman–Crippen LogP) is 3.26. The van der Waals surface area contributed by atoms with Crippen LogP contribution < -0.4 is 9.47 Å². The summed E-state index contributed by atoms with van der Waals surface area (Å²) in [5.41, 5.74) is 0.401. The smallest absolute Gasteiger partial charge is 0.363 e. The highest BCUT2D eigenvalue weighted by Crippen LogP contribution is 2.30. The third-order valence-electron chi connectivity index (χ3n) is 3.77. The van der Waals surface area contributed by atoms with Crippen LogP contribution in [0.2, 0.25) is 0 Å². The summed E-state index contributed by atoms with van der Waals surface area (Å²) < 4.78 is 15.6. The summed E-state index contributed by atoms with van der Waals surface area (Å²) in [5, 5.41) is 11.3. The van der Waals surface area contributed by atoms with E-state index in [1.807, 2.05) is 6.92 Å². The molecular formula is C20H16N2O7. The fourth-order valence-electron chi connectivity index (χ4n) is 2.61. The molecule has 0 saturated heterocycles. The van der Waals surface area contributed by atoms with Crippen molar-refractivity contribution in [2.75, 3.05) is 6.61 Å². The summed E-state index contributed by atoms with van der Waals surface area (Å²) in [4.78, 5) is 38.1. The fraction of sp³-hybridized carbons (Fsp3) is 0.150. The maximum atomic E-state index is 12.2. The number of esters is 2. The van der Waals surface area contributed by atoms with Crippen molar-refractivity contribution in [1.82, 2.24) is 0 Å². The van der Waals surface area contributed by atoms with Gasteiger partial charge in [0.2, 0.25) is 11.6 Å². The molecule has 0 bridgehead atoms. The lowest BCUT2D eigenvalue weighted by Crippen LogP contribution is -2.07. The van der Waals surface area contributed by atoms with Crippen molar-refractivity contribution in [3.05, 3.63) is 69.4 Å². The summed E-state index contributed by atoms with van der Waals surface area (Å²) in [5.74, 6) is -0.965. The summed E-state index contributed by atoms with van der Waals surface area (Å²) in [6, 6.07) is 10.9. The van der Waals surface area contributed by atoms with Crippen LogP contribution in [-0.4, -0.2) is 29.4 Å². The number of rotatable bonds is 6. The highest BCUT2D eigenvalue weighted by atomic mass is 16.6. The number of hydrogen-bond donors (Lipinski definition) is 0. The van der Waals surface area contributed by atoms with Crippen LogP contribution >= 0.6 is 0 Å². The van der Waals surface area contributed by atoms with Gasteiger partial charge in [-0.1, -0.05) is 18.2 Å². The van der Waals surface area contributed by atoms with Gasteiger partial charge in [0.25, 0.3) is 0 Å². The number of nitro groups is 1. The Kier molecular flexibility index (Phi) is 5.68. The normalized spacial score (nSPS) is 14.3. The molecule has 1 heterocycles. The first kappa shape index (κ1) is 19.7. The van der Waals surface area contributed by atoms with Gasteiger partial charge in [-0.05, 0) is 36.8 Å². The molecule has 9 nitrogen and oxygen atoms in total. The molecule has 1 aliphatic rings. The molecule has 9 heteroatoms. The van der Waals surface area contributed by atoms with E-state index in [1.165, 1.54) is 24.3 Å². The SMILES string of the molecule is CCOc1ccccc1C1=N/C(=C\c2ccc(OC(C)=O)c([N+](=O)[O-])c2)C(=O)O1. The number of para-hydroxylation sites is 1. The van der Waals surface area contributed by atoms with Crippen LogP contribution in [0, 0.1) is 10.1 Å². The lowest BCUT2D eigenvalue weighted by Gasteiger charge is -2.08. The summed E-state index contributed by atoms with van der Waals surface area (Å²) in [6.45, 7) is 3.40. The average molecular weight is 396 g/mol. The van der Waals surface area contributed by atoms with Crippen LogP contribution in [0.3, 0.4) is 0 Å². The minimum Gasteiger partial charge on any atom is -0.493 e. The molecular weight excluding hydrogens is 380 g/mol. The van der Waals surface area contributed by atoms with Crippen molar-refractivity contribution < 1.29 is 28.7 Å². The van der Waals surface area contributed by atoms with Gasteiger partial charge in [0.1, 0.15) is 5.75 Å². The number of carbonyl (C=O) groups is 2. The molecule has 0 unspecified atom stereocenters. The van der Waals surface area contributed by atoms with Gasteiger partial charge < -0.3 is 14.2 Å². The highest BCUT2D eigenvalue weighted by molar-refractivity contribution is 6.13. The Bertz CT molecular complexity index is 1060. The molecule has 29 heavy (non-hydrogen) atoms. The van der Waals surface area contributed by atoms with E-state index in [4.69, 9.17) is 14.2 Å². The first-order valence-corrected chi connectivity index (χ1v) is 8.60. The Hall–Kier alpha value is -4.01. The number of nitro benzene ring substituents is 1. The van der Waals surface area contributed by atoms with Crippen molar-refractivity contribution in [2.45, 2.75) is 13.8 Å². The van der Waals surface area contributed by atoms with Crippen molar-refractivity contribution >= 4 is 29.6 Å². The van der Waals surface area contributed by atoms with E-state index in [-0.39, 0.29) is 17.3 Å². The molecule has 0 saturated carbocycles. The molecule has 0 atom stereocenters. The molecule has 0 aliphatic carbocycles. The van der Waals surface area contributed by atoms with Crippen LogP contribution in [0.25, 0.3) is 6.08 Å². The first-order chi connectivity index (χ1) is 13.9. The Morgan fingerprint density at radius 3 is 2.69 bits per heavy atom. The number of benzene rings is 2. The number of aliphatic imine (C=N–C) groups is 1. The van der Waals surface area contributed by atoms with E-state index >= 15 is 0 Å². The van der Waals surface area contributed by atoms with Gasteiger partial charge in [0.15, 0.2) is 5.70 Å². The molecule has 2 aromatic rings. The lowest BCUT2D eigenvalue weighted by atomic mass is 10.1. The standard InChI is InChI=1S/C20H16N2O7/c1-3-27-17-7-5-4-6-14(17)19-21-15(20(24)29-19)10-13-8-9-18(28-12(2)23)16(11-13)22(25)26/h4-11H,3H2,1-2H3/b15-10-. The topological polar surface area (TPSA) is 117 Å². The second kappa shape index (κ2) is 8.34. The van der Waals surface area contributed by atoms with Gasteiger partial charge in [-0.25, -0.2) is 9.79 Å². The van der Waals surface area contributed by atoms with Crippen molar-refractivity contribution in [3.8, 4) is 11.5 Å². The highest BCUT2D eigenvalue weighted by Gasteiger charge is 2.26. The van der Waals surface area contributed by atoms with Crippen LogP contribution in [0.5, 0.6) is 11.5 Å². The summed E-state index contributed by atoms with van der Waals surface area (Å²) in [6.07, 6.45) is 1.35. The monoisotopic (exact) mass is 396 g/mol. The van der Waals surface area contributed by atoms with E-state index in [9.17, 15) is 19.7 Å². The number of carbonyl (C=O) groups excluding carboxylic acids is 2. The Balaban J connectivity index is 1.96. The number of hydrogen-bond acceptors (Lipinski definition) is 8. The predicted molar refractivity (Wildman–Crippen MR) is 103 cm³/mol. The van der Waals surface area contributed by atoms with Crippen LogP contribution in [0.1, 0.15) is 25.0 Å². The van der Waals surface area contributed by atoms with E-state index in [0.717, 1.165) is 6.92 Å². The Morgan fingerprint density at radius 2 is 2.00 bits per heavy atom. The molecule has 0 fully saturated rings. The zero-order chi connectivity index (χ0) is 21.0. The van der Waals surface area contributed by atoms with Gasteiger partial charge in [-0.3, -0.25) is 14.9 Å². The van der Waals surface area contributed by atoms with Crippen LogP contribution in [0.4, 0.5) is 5.69 Å². The molecule has 0 radical (unpaired) electrons. The van der Waals surface area contributed by atoms with Gasteiger partial charge in [-0.15, -0.1) is 0 Å². The van der Waals surface area contributed by atoms with E-state index < -0.39 is 22.5 Å². The van der Waals surface area contributed by atoms with Gasteiger partial charge in [0.05, 0.1) is 17.1 Å². The largest absolute Gasteiger partial charge is 0.493 e. The third kappa shape index (κ3) is 4.46. The molecule has 0 amide bonds. The Morgan fingerprint density at radius 1 is 1.24 bits per heavy atom. The number of nitrogens with zero attached hydrogens (tertiary/aromatic N) is 2. The quantitative estimate of drug-likeness (QED) is 0.242. The van der Waals surface area contributed by atoms with Crippen molar-refractivity contribution in [3.63, 3.8) is 0 Å². The maximum Gasteiger partial charge on any atom is 0.363 e. The maximum absolute atomic E-state index is 12.2. The molecule has 3 rings (SSSR count). The van der Waals surface area contributed by atoms with E-state index in [0.29, 0.717) is 23.5 Å². The van der Waals surface area contributed by atoms with Crippen molar-refractivity contribution in [2.24, 2.45) is 4.99 Å². The average Bonchev–Trinajstić information content (AvgIpc) is 3.03. The van der Waals surface area contributed by atoms with E-state index in [1.54, 1.807) is 24.3 Å². The first-order valence-electron chi connectivity index (χ1n) is 8.60. The van der Waals surface area contributed by atoms with Crippen LogP contribution in [-0.2, 0) is 14.3 Å². The lowest BCUT2D eigenvalue weighted by molar-refractivity contribution is -0.385. The minimum absolute atomic E-state index is 0.0270. The molecule has 2 aromatic carbocycles. The number of ether oxygens (including phenoxy) is 3. The summed E-state index contributed by atoms with van der Waals surface area (Å²) in [7, 11) is 0. The molecule has 0 aromatic heterocycles. The molecule has 0 N–H and O–H groups in total. The zero-order valence-corrected chi connectivity index (χ0v) is 15.6. The zero-order valence-electron chi connectivity index (χ0n) is 15.6. The fourth-order valence-corrected chi connectivity index (χ4v) is 2.61. The third-order valence-corrected chi connectivity index (χ3v) is 3.77. The second-order valence-corrected chi connectivity index (χ2v) is 5.84. The molecule has 0 spiro atoms. The van der Waals surface area contributed by atoms with Crippen molar-refractivity contribution in [1.29, 1.82) is 0 Å². The van der Waals surface area contributed by atoms with E-state index in [2.05, 4.69) is 4.99 Å². The molecule has 148 valence electrons. The Labute approximate surface area is 165 Å². The van der Waals surface area contributed by atoms with Gasteiger partial charge in [-0.2, -0.15) is 0 Å². The van der Waals surface area contributed by atoms with Crippen LogP contribution in [0.15, 0.2) is 53.2 Å². The second-order valence-electron chi connectivity index (χ2n) is 5.84. The van der Waals surface area contributed by atoms with Gasteiger partial charge >= 0.3 is 17.6 Å². The van der Waals surface area contributed by atoms with Gasteiger partial charge in [0, 0.05) is 13.0 Å². The molecule has 1 aliphatic heterocycles.